The highest BCUT2D eigenvalue weighted by molar-refractivity contribution is 7.99. The van der Waals surface area contributed by atoms with Gasteiger partial charge in [-0.05, 0) is 30.7 Å². The van der Waals surface area contributed by atoms with E-state index in [1.54, 1.807) is 18.9 Å². The van der Waals surface area contributed by atoms with Gasteiger partial charge in [-0.2, -0.15) is 0 Å². The molecule has 1 rings (SSSR count). The molecular weight excluding hydrogens is 286 g/mol. The van der Waals surface area contributed by atoms with E-state index >= 15 is 0 Å². The predicted octanol–water partition coefficient (Wildman–Crippen LogP) is 2.30. The van der Waals surface area contributed by atoms with Crippen LogP contribution in [0, 0.1) is 0 Å². The highest BCUT2D eigenvalue weighted by Gasteiger charge is 2.06. The third-order valence-corrected chi connectivity index (χ3v) is 3.98. The lowest BCUT2D eigenvalue weighted by Crippen LogP contribution is -2.19. The van der Waals surface area contributed by atoms with Crippen LogP contribution in [0.15, 0.2) is 29.2 Å². The van der Waals surface area contributed by atoms with Crippen molar-refractivity contribution in [1.82, 2.24) is 5.32 Å². The second-order valence-electron chi connectivity index (χ2n) is 4.86. The average molecular weight is 313 g/mol. The molecule has 120 valence electrons. The van der Waals surface area contributed by atoms with Gasteiger partial charge in [0.25, 0.3) is 0 Å². The number of aliphatic hydroxyl groups is 1. The first-order chi connectivity index (χ1) is 10.3. The lowest BCUT2D eigenvalue weighted by atomic mass is 10.2. The number of hydrogen-bond donors (Lipinski definition) is 2. The van der Waals surface area contributed by atoms with Crippen LogP contribution < -0.4 is 5.32 Å². The molecule has 0 amide bonds. The Morgan fingerprint density at radius 3 is 2.95 bits per heavy atom. The van der Waals surface area contributed by atoms with E-state index in [2.05, 4.69) is 36.5 Å². The maximum absolute atomic E-state index is 9.85. The van der Waals surface area contributed by atoms with Crippen LogP contribution >= 0.6 is 11.8 Å². The summed E-state index contributed by atoms with van der Waals surface area (Å²) in [5.74, 6) is 0.638. The Balaban J connectivity index is 2.25. The van der Waals surface area contributed by atoms with Gasteiger partial charge < -0.3 is 19.9 Å². The van der Waals surface area contributed by atoms with Crippen molar-refractivity contribution < 1.29 is 14.6 Å². The maximum Gasteiger partial charge on any atom is 0.0867 e. The standard InChI is InChI=1S/C16H27NO3S/c1-3-7-17-11-14-5-4-6-16(10-14)21-13-15(18)12-20-9-8-19-2/h4-6,10,15,17-18H,3,7-9,11-13H2,1-2H3. The second kappa shape index (κ2) is 12.0. The van der Waals surface area contributed by atoms with Gasteiger partial charge in [-0.15, -0.1) is 11.8 Å². The zero-order chi connectivity index (χ0) is 15.3. The van der Waals surface area contributed by atoms with Crippen LogP contribution in [0.5, 0.6) is 0 Å². The largest absolute Gasteiger partial charge is 0.390 e. The number of nitrogens with one attached hydrogen (secondary N) is 1. The minimum absolute atomic E-state index is 0.355. The summed E-state index contributed by atoms with van der Waals surface area (Å²) in [6.45, 7) is 5.53. The molecule has 21 heavy (non-hydrogen) atoms. The summed E-state index contributed by atoms with van der Waals surface area (Å²) in [6.07, 6.45) is 0.692. The molecule has 1 atom stereocenters. The van der Waals surface area contributed by atoms with Gasteiger partial charge in [-0.1, -0.05) is 19.1 Å². The molecule has 0 aliphatic rings. The Labute approximate surface area is 132 Å². The van der Waals surface area contributed by atoms with Crippen LogP contribution in [0.25, 0.3) is 0 Å². The van der Waals surface area contributed by atoms with Crippen molar-refractivity contribution in [2.45, 2.75) is 30.9 Å². The van der Waals surface area contributed by atoms with Crippen molar-refractivity contribution in [3.05, 3.63) is 29.8 Å². The number of rotatable bonds is 12. The fraction of sp³-hybridized carbons (Fsp3) is 0.625. The molecule has 5 heteroatoms. The van der Waals surface area contributed by atoms with E-state index in [9.17, 15) is 5.11 Å². The summed E-state index contributed by atoms with van der Waals surface area (Å²) in [7, 11) is 1.64. The lowest BCUT2D eigenvalue weighted by Gasteiger charge is -2.11. The molecule has 0 fully saturated rings. The van der Waals surface area contributed by atoms with Crippen molar-refractivity contribution in [2.75, 3.05) is 39.2 Å². The third kappa shape index (κ3) is 9.11. The lowest BCUT2D eigenvalue weighted by molar-refractivity contribution is 0.0218. The van der Waals surface area contributed by atoms with E-state index < -0.39 is 6.10 Å². The van der Waals surface area contributed by atoms with Crippen LogP contribution in [-0.4, -0.2) is 50.4 Å². The van der Waals surface area contributed by atoms with Gasteiger partial charge in [0.05, 0.1) is 25.9 Å². The molecule has 0 aliphatic carbocycles. The normalized spacial score (nSPS) is 12.5. The Bertz CT molecular complexity index is 376. The Morgan fingerprint density at radius 2 is 2.19 bits per heavy atom. The van der Waals surface area contributed by atoms with E-state index in [4.69, 9.17) is 9.47 Å². The van der Waals surface area contributed by atoms with Crippen LogP contribution in [0.2, 0.25) is 0 Å². The van der Waals surface area contributed by atoms with Gasteiger partial charge in [-0.3, -0.25) is 0 Å². The van der Waals surface area contributed by atoms with Gasteiger partial charge in [-0.25, -0.2) is 0 Å². The van der Waals surface area contributed by atoms with E-state index in [1.807, 2.05) is 0 Å². The predicted molar refractivity (Wildman–Crippen MR) is 87.9 cm³/mol. The van der Waals surface area contributed by atoms with E-state index in [1.165, 1.54) is 10.5 Å². The Hall–Kier alpha value is -0.590. The van der Waals surface area contributed by atoms with Crippen LogP contribution in [0.3, 0.4) is 0 Å². The topological polar surface area (TPSA) is 50.7 Å². The Morgan fingerprint density at radius 1 is 1.33 bits per heavy atom. The highest BCUT2D eigenvalue weighted by Crippen LogP contribution is 2.20. The van der Waals surface area contributed by atoms with E-state index in [0.717, 1.165) is 19.5 Å². The third-order valence-electron chi connectivity index (χ3n) is 2.84. The minimum Gasteiger partial charge on any atom is -0.390 e. The van der Waals surface area contributed by atoms with Crippen LogP contribution in [-0.2, 0) is 16.0 Å². The number of hydrogen-bond acceptors (Lipinski definition) is 5. The zero-order valence-corrected chi connectivity index (χ0v) is 13.8. The SMILES string of the molecule is CCCNCc1cccc(SCC(O)COCCOC)c1. The summed E-state index contributed by atoms with van der Waals surface area (Å²) in [5, 5.41) is 13.2. The first-order valence-electron chi connectivity index (χ1n) is 7.43. The van der Waals surface area contributed by atoms with Crippen molar-refractivity contribution >= 4 is 11.8 Å². The molecule has 0 spiro atoms. The fourth-order valence-electron chi connectivity index (χ4n) is 1.76. The minimum atomic E-state index is -0.450. The maximum atomic E-state index is 9.85. The Kier molecular flexibility index (Phi) is 10.6. The van der Waals surface area contributed by atoms with Gasteiger partial charge in [0, 0.05) is 24.3 Å². The molecular formula is C16H27NO3S. The molecule has 0 aliphatic heterocycles. The molecule has 1 aromatic carbocycles. The van der Waals surface area contributed by atoms with Crippen LogP contribution in [0.1, 0.15) is 18.9 Å². The van der Waals surface area contributed by atoms with E-state index in [0.29, 0.717) is 25.6 Å². The highest BCUT2D eigenvalue weighted by atomic mass is 32.2. The first-order valence-corrected chi connectivity index (χ1v) is 8.42. The number of thioether (sulfide) groups is 1. The fourth-order valence-corrected chi connectivity index (χ4v) is 2.65. The van der Waals surface area contributed by atoms with E-state index in [-0.39, 0.29) is 0 Å². The van der Waals surface area contributed by atoms with Crippen molar-refractivity contribution in [3.8, 4) is 0 Å². The smallest absolute Gasteiger partial charge is 0.0867 e. The molecule has 0 aromatic heterocycles. The molecule has 0 heterocycles. The first kappa shape index (κ1) is 18.5. The molecule has 0 saturated carbocycles. The summed E-state index contributed by atoms with van der Waals surface area (Å²) < 4.78 is 10.2. The average Bonchev–Trinajstić information content (AvgIpc) is 2.50. The zero-order valence-electron chi connectivity index (χ0n) is 13.0. The molecule has 1 unspecified atom stereocenters. The number of methoxy groups -OCH3 is 1. The van der Waals surface area contributed by atoms with Crippen molar-refractivity contribution in [1.29, 1.82) is 0 Å². The van der Waals surface area contributed by atoms with Crippen molar-refractivity contribution in [3.63, 3.8) is 0 Å². The van der Waals surface area contributed by atoms with Crippen molar-refractivity contribution in [2.24, 2.45) is 0 Å². The van der Waals surface area contributed by atoms with Crippen LogP contribution in [0.4, 0.5) is 0 Å². The summed E-state index contributed by atoms with van der Waals surface area (Å²) in [5.41, 5.74) is 1.28. The molecule has 0 bridgehead atoms. The second-order valence-corrected chi connectivity index (χ2v) is 5.95. The number of ether oxygens (including phenoxy) is 2. The summed E-state index contributed by atoms with van der Waals surface area (Å²) >= 11 is 1.66. The molecule has 0 saturated heterocycles. The van der Waals surface area contributed by atoms with Gasteiger partial charge >= 0.3 is 0 Å². The molecule has 1 aromatic rings. The monoisotopic (exact) mass is 313 g/mol. The van der Waals surface area contributed by atoms with Gasteiger partial charge in [0.2, 0.25) is 0 Å². The summed E-state index contributed by atoms with van der Waals surface area (Å²) in [4.78, 5) is 1.18. The summed E-state index contributed by atoms with van der Waals surface area (Å²) in [6, 6.07) is 8.43. The number of aliphatic hydroxyl groups excluding tert-OH is 1. The van der Waals surface area contributed by atoms with Gasteiger partial charge in [0.15, 0.2) is 0 Å². The quantitative estimate of drug-likeness (QED) is 0.458. The molecule has 2 N–H and O–H groups in total. The molecule has 4 nitrogen and oxygen atoms in total. The van der Waals surface area contributed by atoms with Gasteiger partial charge in [0.1, 0.15) is 0 Å². The number of benzene rings is 1. The molecule has 0 radical (unpaired) electrons.